The van der Waals surface area contributed by atoms with E-state index in [9.17, 15) is 8.42 Å². The fourth-order valence-corrected chi connectivity index (χ4v) is 3.23. The van der Waals surface area contributed by atoms with E-state index in [0.29, 0.717) is 10.6 Å². The number of nitrogens with one attached hydrogen (secondary N) is 1. The number of sulfonamides is 1. The van der Waals surface area contributed by atoms with Crippen LogP contribution in [0.5, 0.6) is 0 Å². The number of halogens is 1. The van der Waals surface area contributed by atoms with Crippen molar-refractivity contribution in [1.29, 1.82) is 0 Å². The minimum Gasteiger partial charge on any atom is -0.397 e. The monoisotopic (exact) mass is 325 g/mol. The topological polar surface area (TPSA) is 85.1 Å². The molecule has 1 aromatic heterocycles. The first-order valence-electron chi connectivity index (χ1n) is 6.23. The molecule has 0 saturated heterocycles. The highest BCUT2D eigenvalue weighted by atomic mass is 35.5. The van der Waals surface area contributed by atoms with Crippen molar-refractivity contribution in [1.82, 2.24) is 4.98 Å². The zero-order valence-corrected chi connectivity index (χ0v) is 13.5. The molecule has 0 saturated carbocycles. The molecule has 0 aliphatic heterocycles. The number of benzene rings is 1. The van der Waals surface area contributed by atoms with Crippen LogP contribution < -0.4 is 10.5 Å². The molecule has 0 aliphatic carbocycles. The highest BCUT2D eigenvalue weighted by Gasteiger charge is 2.17. The molecule has 2 rings (SSSR count). The first kappa shape index (κ1) is 15.6. The number of hydrogen-bond donors (Lipinski definition) is 2. The van der Waals surface area contributed by atoms with E-state index in [1.807, 2.05) is 13.0 Å². The summed E-state index contributed by atoms with van der Waals surface area (Å²) in [4.78, 5) is 4.22. The van der Waals surface area contributed by atoms with E-state index < -0.39 is 10.0 Å². The molecular formula is C14H16ClN3O2S. The van der Waals surface area contributed by atoms with Crippen molar-refractivity contribution in [2.24, 2.45) is 0 Å². The number of aryl methyl sites for hydroxylation is 3. The molecule has 0 radical (unpaired) electrons. The van der Waals surface area contributed by atoms with Crippen molar-refractivity contribution in [3.8, 4) is 0 Å². The number of hydrogen-bond acceptors (Lipinski definition) is 4. The zero-order valence-electron chi connectivity index (χ0n) is 11.9. The van der Waals surface area contributed by atoms with Gasteiger partial charge in [0.1, 0.15) is 5.82 Å². The number of aromatic nitrogens is 1. The lowest BCUT2D eigenvalue weighted by atomic mass is 10.2. The van der Waals surface area contributed by atoms with Gasteiger partial charge in [0.05, 0.1) is 15.6 Å². The van der Waals surface area contributed by atoms with Gasteiger partial charge in [-0.25, -0.2) is 13.4 Å². The first-order chi connectivity index (χ1) is 9.69. The predicted molar refractivity (Wildman–Crippen MR) is 85.1 cm³/mol. The lowest BCUT2D eigenvalue weighted by Gasteiger charge is -2.11. The fraction of sp³-hybridized carbons (Fsp3) is 0.214. The molecule has 0 unspecified atom stereocenters. The molecule has 1 aromatic carbocycles. The standard InChI is InChI=1S/C14H16ClN3O2S/c1-8-4-10(3)17-13(5-8)18-21(19,20)11-6-9(2)14(15)12(16)7-11/h4-7H,16H2,1-3H3,(H,17,18). The zero-order chi connectivity index (χ0) is 15.8. The summed E-state index contributed by atoms with van der Waals surface area (Å²) in [6.07, 6.45) is 0. The third-order valence-electron chi connectivity index (χ3n) is 2.90. The Labute approximate surface area is 129 Å². The largest absolute Gasteiger partial charge is 0.397 e. The summed E-state index contributed by atoms with van der Waals surface area (Å²) in [7, 11) is -3.76. The lowest BCUT2D eigenvalue weighted by molar-refractivity contribution is 0.601. The predicted octanol–water partition coefficient (Wildman–Crippen LogP) is 3.04. The van der Waals surface area contributed by atoms with E-state index in [4.69, 9.17) is 17.3 Å². The average Bonchev–Trinajstić information content (AvgIpc) is 2.33. The number of anilines is 2. The van der Waals surface area contributed by atoms with E-state index in [-0.39, 0.29) is 16.4 Å². The average molecular weight is 326 g/mol. The fourth-order valence-electron chi connectivity index (χ4n) is 2.01. The summed E-state index contributed by atoms with van der Waals surface area (Å²) in [5.41, 5.74) is 8.21. The number of nitrogen functional groups attached to an aromatic ring is 1. The Balaban J connectivity index is 2.43. The summed E-state index contributed by atoms with van der Waals surface area (Å²) >= 11 is 5.95. The van der Waals surface area contributed by atoms with Crippen LogP contribution in [-0.4, -0.2) is 13.4 Å². The quantitative estimate of drug-likeness (QED) is 0.849. The van der Waals surface area contributed by atoms with Crippen LogP contribution in [0.3, 0.4) is 0 Å². The second-order valence-electron chi connectivity index (χ2n) is 4.92. The van der Waals surface area contributed by atoms with Crippen molar-refractivity contribution in [2.75, 3.05) is 10.5 Å². The van der Waals surface area contributed by atoms with E-state index in [1.165, 1.54) is 12.1 Å². The molecule has 7 heteroatoms. The van der Waals surface area contributed by atoms with E-state index in [2.05, 4.69) is 9.71 Å². The van der Waals surface area contributed by atoms with E-state index in [1.54, 1.807) is 19.9 Å². The molecule has 21 heavy (non-hydrogen) atoms. The van der Waals surface area contributed by atoms with Crippen LogP contribution in [0, 0.1) is 20.8 Å². The number of nitrogens with two attached hydrogens (primary N) is 1. The Morgan fingerprint density at radius 1 is 1.14 bits per heavy atom. The van der Waals surface area contributed by atoms with Crippen molar-refractivity contribution in [2.45, 2.75) is 25.7 Å². The highest BCUT2D eigenvalue weighted by molar-refractivity contribution is 7.92. The summed E-state index contributed by atoms with van der Waals surface area (Å²) < 4.78 is 27.2. The van der Waals surface area contributed by atoms with Crippen LogP contribution in [0.4, 0.5) is 11.5 Å². The van der Waals surface area contributed by atoms with Crippen LogP contribution in [-0.2, 0) is 10.0 Å². The summed E-state index contributed by atoms with van der Waals surface area (Å²) in [5, 5.41) is 0.360. The molecule has 0 aliphatic rings. The Bertz CT molecular complexity index is 761. The van der Waals surface area contributed by atoms with E-state index in [0.717, 1.165) is 11.3 Å². The van der Waals surface area contributed by atoms with Gasteiger partial charge in [-0.15, -0.1) is 0 Å². The van der Waals surface area contributed by atoms with Crippen molar-refractivity contribution in [3.63, 3.8) is 0 Å². The van der Waals surface area contributed by atoms with Crippen molar-refractivity contribution in [3.05, 3.63) is 46.1 Å². The lowest BCUT2D eigenvalue weighted by Crippen LogP contribution is -2.15. The van der Waals surface area contributed by atoms with Gasteiger partial charge in [0.2, 0.25) is 0 Å². The molecule has 0 bridgehead atoms. The maximum Gasteiger partial charge on any atom is 0.263 e. The van der Waals surface area contributed by atoms with Gasteiger partial charge in [0, 0.05) is 5.69 Å². The summed E-state index contributed by atoms with van der Waals surface area (Å²) in [5.74, 6) is 0.277. The molecule has 3 N–H and O–H groups in total. The number of pyridine rings is 1. The first-order valence-corrected chi connectivity index (χ1v) is 8.09. The normalized spacial score (nSPS) is 11.4. The van der Waals surface area contributed by atoms with Gasteiger partial charge in [-0.1, -0.05) is 11.6 Å². The minimum atomic E-state index is -3.76. The van der Waals surface area contributed by atoms with Crippen molar-refractivity contribution >= 4 is 33.1 Å². The van der Waals surface area contributed by atoms with Gasteiger partial charge in [0.25, 0.3) is 10.0 Å². The van der Waals surface area contributed by atoms with Gasteiger partial charge in [0.15, 0.2) is 0 Å². The minimum absolute atomic E-state index is 0.0582. The second kappa shape index (κ2) is 5.54. The van der Waals surface area contributed by atoms with Crippen molar-refractivity contribution < 1.29 is 8.42 Å². The number of nitrogens with zero attached hydrogens (tertiary/aromatic N) is 1. The van der Waals surface area contributed by atoms with Gasteiger partial charge in [-0.05, 0) is 56.2 Å². The van der Waals surface area contributed by atoms with Gasteiger partial charge >= 0.3 is 0 Å². The smallest absolute Gasteiger partial charge is 0.263 e. The maximum absolute atomic E-state index is 12.4. The van der Waals surface area contributed by atoms with Gasteiger partial charge in [-0.2, -0.15) is 0 Å². The number of rotatable bonds is 3. The van der Waals surface area contributed by atoms with Gasteiger partial charge in [-0.3, -0.25) is 4.72 Å². The molecule has 5 nitrogen and oxygen atoms in total. The van der Waals surface area contributed by atoms with Crippen LogP contribution in [0.25, 0.3) is 0 Å². The molecule has 112 valence electrons. The summed E-state index contributed by atoms with van der Waals surface area (Å²) in [6, 6.07) is 6.34. The molecular weight excluding hydrogens is 310 g/mol. The molecule has 0 spiro atoms. The molecule has 0 atom stereocenters. The van der Waals surface area contributed by atoms with Gasteiger partial charge < -0.3 is 5.73 Å². The second-order valence-corrected chi connectivity index (χ2v) is 6.98. The molecule has 0 amide bonds. The highest BCUT2D eigenvalue weighted by Crippen LogP contribution is 2.27. The molecule has 1 heterocycles. The van der Waals surface area contributed by atoms with E-state index >= 15 is 0 Å². The Hall–Kier alpha value is -1.79. The Morgan fingerprint density at radius 3 is 2.38 bits per heavy atom. The maximum atomic E-state index is 12.4. The SMILES string of the molecule is Cc1cc(C)nc(NS(=O)(=O)c2cc(C)c(Cl)c(N)c2)c1. The van der Waals surface area contributed by atoms with Crippen LogP contribution in [0.15, 0.2) is 29.2 Å². The van der Waals surface area contributed by atoms with Crippen LogP contribution in [0.2, 0.25) is 5.02 Å². The summed E-state index contributed by atoms with van der Waals surface area (Å²) in [6.45, 7) is 5.37. The Morgan fingerprint density at radius 2 is 1.81 bits per heavy atom. The third kappa shape index (κ3) is 3.46. The molecule has 0 fully saturated rings. The molecule has 2 aromatic rings. The van der Waals surface area contributed by atoms with Crippen LogP contribution in [0.1, 0.15) is 16.8 Å². The third-order valence-corrected chi connectivity index (χ3v) is 4.75. The Kier molecular flexibility index (Phi) is 4.11. The van der Waals surface area contributed by atoms with Crippen LogP contribution >= 0.6 is 11.6 Å².